The summed E-state index contributed by atoms with van der Waals surface area (Å²) in [7, 11) is 0. The van der Waals surface area contributed by atoms with Crippen molar-refractivity contribution in [3.8, 4) is 0 Å². The van der Waals surface area contributed by atoms with Crippen LogP contribution in [0.4, 0.5) is 0 Å². The van der Waals surface area contributed by atoms with Crippen LogP contribution in [-0.4, -0.2) is 18.5 Å². The maximum Gasteiger partial charge on any atom is 0.221 e. The van der Waals surface area contributed by atoms with E-state index in [-0.39, 0.29) is 18.0 Å². The van der Waals surface area contributed by atoms with Crippen molar-refractivity contribution in [1.82, 2.24) is 10.6 Å². The summed E-state index contributed by atoms with van der Waals surface area (Å²) in [5, 5.41) is 6.33. The van der Waals surface area contributed by atoms with E-state index in [4.69, 9.17) is 0 Å². The van der Waals surface area contributed by atoms with Gasteiger partial charge in [-0.05, 0) is 38.0 Å². The van der Waals surface area contributed by atoms with Crippen molar-refractivity contribution in [1.29, 1.82) is 0 Å². The summed E-state index contributed by atoms with van der Waals surface area (Å²) in [5.41, 5.74) is 1.23. The first-order valence-corrected chi connectivity index (χ1v) is 7.60. The molecule has 0 spiro atoms. The minimum absolute atomic E-state index is 0.116. The fourth-order valence-corrected chi connectivity index (χ4v) is 1.98. The fraction of sp³-hybridized carbons (Fsp3) is 0.533. The van der Waals surface area contributed by atoms with Gasteiger partial charge in [0, 0.05) is 29.5 Å². The van der Waals surface area contributed by atoms with Gasteiger partial charge in [-0.2, -0.15) is 0 Å². The molecule has 0 aliphatic carbocycles. The van der Waals surface area contributed by atoms with Crippen LogP contribution in [0.3, 0.4) is 0 Å². The van der Waals surface area contributed by atoms with Crippen LogP contribution in [0.5, 0.6) is 0 Å². The van der Waals surface area contributed by atoms with Crippen molar-refractivity contribution in [2.24, 2.45) is 0 Å². The third kappa shape index (κ3) is 6.21. The van der Waals surface area contributed by atoms with Crippen molar-refractivity contribution >= 4 is 21.8 Å². The predicted octanol–water partition coefficient (Wildman–Crippen LogP) is 3.40. The lowest BCUT2D eigenvalue weighted by Crippen LogP contribution is -2.34. The molecule has 19 heavy (non-hydrogen) atoms. The van der Waals surface area contributed by atoms with Gasteiger partial charge in [0.15, 0.2) is 0 Å². The van der Waals surface area contributed by atoms with E-state index in [1.165, 1.54) is 5.56 Å². The number of nitrogens with one attached hydrogen (secondary N) is 2. The highest BCUT2D eigenvalue weighted by molar-refractivity contribution is 9.10. The molecule has 0 saturated carbocycles. The standard InChI is InChI=1S/C15H23BrN2O/c1-4-11(2)18-15(19)9-10-17-12(3)13-5-7-14(16)8-6-13/h5-8,11-12,17H,4,9-10H2,1-3H3,(H,18,19). The topological polar surface area (TPSA) is 41.1 Å². The van der Waals surface area contributed by atoms with E-state index in [1.54, 1.807) is 0 Å². The van der Waals surface area contributed by atoms with Crippen LogP contribution in [-0.2, 0) is 4.79 Å². The molecule has 0 aromatic heterocycles. The highest BCUT2D eigenvalue weighted by atomic mass is 79.9. The maximum atomic E-state index is 11.6. The molecule has 2 atom stereocenters. The molecule has 1 aromatic rings. The third-order valence-electron chi connectivity index (χ3n) is 3.19. The van der Waals surface area contributed by atoms with Crippen molar-refractivity contribution in [3.05, 3.63) is 34.3 Å². The summed E-state index contributed by atoms with van der Waals surface area (Å²) in [5.74, 6) is 0.116. The summed E-state index contributed by atoms with van der Waals surface area (Å²) in [6.45, 7) is 6.89. The Morgan fingerprint density at radius 2 is 1.89 bits per heavy atom. The second-order valence-corrected chi connectivity index (χ2v) is 5.77. The normalized spacial score (nSPS) is 13.9. The van der Waals surface area contributed by atoms with Crippen molar-refractivity contribution in [2.45, 2.75) is 45.7 Å². The SMILES string of the molecule is CCC(C)NC(=O)CCNC(C)c1ccc(Br)cc1. The molecule has 0 heterocycles. The number of carbonyl (C=O) groups excluding carboxylic acids is 1. The first kappa shape index (κ1) is 16.2. The molecule has 3 nitrogen and oxygen atoms in total. The van der Waals surface area contributed by atoms with Gasteiger partial charge >= 0.3 is 0 Å². The summed E-state index contributed by atoms with van der Waals surface area (Å²) < 4.78 is 1.08. The van der Waals surface area contributed by atoms with Gasteiger partial charge in [0.25, 0.3) is 0 Å². The number of benzene rings is 1. The molecule has 1 amide bonds. The molecular weight excluding hydrogens is 304 g/mol. The lowest BCUT2D eigenvalue weighted by atomic mass is 10.1. The van der Waals surface area contributed by atoms with Gasteiger partial charge < -0.3 is 10.6 Å². The van der Waals surface area contributed by atoms with Crippen molar-refractivity contribution < 1.29 is 4.79 Å². The van der Waals surface area contributed by atoms with Gasteiger partial charge in [0.1, 0.15) is 0 Å². The van der Waals surface area contributed by atoms with Gasteiger partial charge in [-0.1, -0.05) is 35.0 Å². The Morgan fingerprint density at radius 3 is 2.47 bits per heavy atom. The van der Waals surface area contributed by atoms with Crippen LogP contribution in [0, 0.1) is 0 Å². The molecule has 1 aromatic carbocycles. The Morgan fingerprint density at radius 1 is 1.26 bits per heavy atom. The fourth-order valence-electron chi connectivity index (χ4n) is 1.72. The molecule has 0 bridgehead atoms. The predicted molar refractivity (Wildman–Crippen MR) is 83.1 cm³/mol. The average molecular weight is 327 g/mol. The molecule has 1 rings (SSSR count). The Hall–Kier alpha value is -0.870. The van der Waals surface area contributed by atoms with Crippen molar-refractivity contribution in [2.75, 3.05) is 6.54 Å². The molecule has 2 unspecified atom stereocenters. The van der Waals surface area contributed by atoms with E-state index in [9.17, 15) is 4.79 Å². The lowest BCUT2D eigenvalue weighted by Gasteiger charge is -2.15. The Kier molecular flexibility index (Phi) is 7.10. The number of hydrogen-bond donors (Lipinski definition) is 2. The van der Waals surface area contributed by atoms with E-state index in [0.29, 0.717) is 13.0 Å². The smallest absolute Gasteiger partial charge is 0.221 e. The quantitative estimate of drug-likeness (QED) is 0.806. The molecule has 2 N–H and O–H groups in total. The van der Waals surface area contributed by atoms with E-state index in [1.807, 2.05) is 19.1 Å². The zero-order chi connectivity index (χ0) is 14.3. The van der Waals surface area contributed by atoms with Crippen molar-refractivity contribution in [3.63, 3.8) is 0 Å². The highest BCUT2D eigenvalue weighted by Crippen LogP contribution is 2.16. The van der Waals surface area contributed by atoms with Crippen LogP contribution < -0.4 is 10.6 Å². The largest absolute Gasteiger partial charge is 0.354 e. The number of hydrogen-bond acceptors (Lipinski definition) is 2. The molecule has 106 valence electrons. The minimum Gasteiger partial charge on any atom is -0.354 e. The summed E-state index contributed by atoms with van der Waals surface area (Å²) in [6.07, 6.45) is 1.49. The number of rotatable bonds is 7. The first-order valence-electron chi connectivity index (χ1n) is 6.81. The number of halogens is 1. The molecule has 4 heteroatoms. The minimum atomic E-state index is 0.116. The third-order valence-corrected chi connectivity index (χ3v) is 3.72. The van der Waals surface area contributed by atoms with Gasteiger partial charge in [-0.3, -0.25) is 4.79 Å². The molecule has 0 fully saturated rings. The van der Waals surface area contributed by atoms with Crippen LogP contribution in [0.2, 0.25) is 0 Å². The van der Waals surface area contributed by atoms with E-state index in [0.717, 1.165) is 10.9 Å². The molecule has 0 aliphatic heterocycles. The van der Waals surface area contributed by atoms with E-state index >= 15 is 0 Å². The summed E-state index contributed by atoms with van der Waals surface area (Å²) >= 11 is 3.42. The second-order valence-electron chi connectivity index (χ2n) is 4.85. The van der Waals surface area contributed by atoms with Crippen LogP contribution in [0.1, 0.15) is 45.2 Å². The summed E-state index contributed by atoms with van der Waals surface area (Å²) in [6, 6.07) is 8.75. The van der Waals surface area contributed by atoms with Gasteiger partial charge in [-0.15, -0.1) is 0 Å². The Labute approximate surface area is 124 Å². The molecule has 0 saturated heterocycles. The zero-order valence-electron chi connectivity index (χ0n) is 11.9. The molecular formula is C15H23BrN2O. The maximum absolute atomic E-state index is 11.6. The van der Waals surface area contributed by atoms with Crippen LogP contribution in [0.25, 0.3) is 0 Å². The van der Waals surface area contributed by atoms with Crippen LogP contribution in [0.15, 0.2) is 28.7 Å². The number of carbonyl (C=O) groups is 1. The van der Waals surface area contributed by atoms with E-state index < -0.39 is 0 Å². The zero-order valence-corrected chi connectivity index (χ0v) is 13.5. The Bertz CT molecular complexity index is 392. The lowest BCUT2D eigenvalue weighted by molar-refractivity contribution is -0.121. The highest BCUT2D eigenvalue weighted by Gasteiger charge is 2.07. The Balaban J connectivity index is 2.29. The van der Waals surface area contributed by atoms with E-state index in [2.05, 4.69) is 52.5 Å². The first-order chi connectivity index (χ1) is 9.02. The summed E-state index contributed by atoms with van der Waals surface area (Å²) in [4.78, 5) is 11.6. The monoisotopic (exact) mass is 326 g/mol. The van der Waals surface area contributed by atoms with Gasteiger partial charge in [0.05, 0.1) is 0 Å². The average Bonchev–Trinajstić information content (AvgIpc) is 2.39. The van der Waals surface area contributed by atoms with Gasteiger partial charge in [0.2, 0.25) is 5.91 Å². The second kappa shape index (κ2) is 8.33. The van der Waals surface area contributed by atoms with Gasteiger partial charge in [-0.25, -0.2) is 0 Å². The van der Waals surface area contributed by atoms with Crippen LogP contribution >= 0.6 is 15.9 Å². The molecule has 0 radical (unpaired) electrons. The number of amides is 1. The molecule has 0 aliphatic rings.